The molecule has 1 aromatic rings. The summed E-state index contributed by atoms with van der Waals surface area (Å²) in [6.45, 7) is 6.63. The third kappa shape index (κ3) is 4.44. The average Bonchev–Trinajstić information content (AvgIpc) is 2.41. The molecule has 5 heteroatoms. The van der Waals surface area contributed by atoms with Crippen molar-refractivity contribution < 1.29 is 13.9 Å². The molecule has 1 aliphatic rings. The first kappa shape index (κ1) is 16.7. The van der Waals surface area contributed by atoms with Crippen LogP contribution in [0.1, 0.15) is 32.8 Å². The Balaban J connectivity index is 2.02. The van der Waals surface area contributed by atoms with E-state index < -0.39 is 5.60 Å². The number of halogens is 1. The maximum absolute atomic E-state index is 13.8. The van der Waals surface area contributed by atoms with Gasteiger partial charge in [-0.1, -0.05) is 18.2 Å². The molecule has 0 saturated carbocycles. The van der Waals surface area contributed by atoms with Gasteiger partial charge in [-0.05, 0) is 51.2 Å². The molecule has 1 amide bonds. The minimum Gasteiger partial charge on any atom is -0.444 e. The van der Waals surface area contributed by atoms with Gasteiger partial charge in [0.05, 0.1) is 0 Å². The van der Waals surface area contributed by atoms with Gasteiger partial charge in [-0.15, -0.1) is 0 Å². The maximum atomic E-state index is 13.8. The molecule has 122 valence electrons. The van der Waals surface area contributed by atoms with Gasteiger partial charge in [0.1, 0.15) is 11.4 Å². The van der Waals surface area contributed by atoms with Gasteiger partial charge in [0.2, 0.25) is 0 Å². The van der Waals surface area contributed by atoms with E-state index >= 15 is 0 Å². The van der Waals surface area contributed by atoms with Gasteiger partial charge in [-0.2, -0.15) is 0 Å². The summed E-state index contributed by atoms with van der Waals surface area (Å²) in [4.78, 5) is 13.9. The fraction of sp³-hybridized carbons (Fsp3) is 0.588. The fourth-order valence-electron chi connectivity index (χ4n) is 2.71. The van der Waals surface area contributed by atoms with Crippen LogP contribution in [0.2, 0.25) is 0 Å². The number of piperidine rings is 1. The van der Waals surface area contributed by atoms with Crippen molar-refractivity contribution in [1.82, 2.24) is 4.90 Å². The zero-order valence-corrected chi connectivity index (χ0v) is 13.5. The highest BCUT2D eigenvalue weighted by Gasteiger charge is 2.32. The molecule has 2 atom stereocenters. The number of benzene rings is 1. The predicted octanol–water partition coefficient (Wildman–Crippen LogP) is 2.95. The van der Waals surface area contributed by atoms with Gasteiger partial charge in [-0.25, -0.2) is 9.18 Å². The molecule has 1 aliphatic heterocycles. The van der Waals surface area contributed by atoms with E-state index in [1.54, 1.807) is 17.0 Å². The van der Waals surface area contributed by atoms with Gasteiger partial charge in [-0.3, -0.25) is 0 Å². The number of amides is 1. The van der Waals surface area contributed by atoms with E-state index in [0.717, 1.165) is 0 Å². The van der Waals surface area contributed by atoms with Crippen LogP contribution in [0, 0.1) is 11.7 Å². The standard InChI is InChI=1S/C17H25FN2O2/c1-17(2,3)22-16(21)20-9-8-15(19)13(11-20)10-12-6-4-5-7-14(12)18/h4-7,13,15H,8-11,19H2,1-3H3/t13-,15+/m0/s1. The van der Waals surface area contributed by atoms with Crippen LogP contribution in [0.3, 0.4) is 0 Å². The summed E-state index contributed by atoms with van der Waals surface area (Å²) in [6.07, 6.45) is 0.920. The first-order chi connectivity index (χ1) is 10.3. The number of likely N-dealkylation sites (tertiary alicyclic amines) is 1. The Morgan fingerprint density at radius 1 is 1.41 bits per heavy atom. The van der Waals surface area contributed by atoms with Crippen LogP contribution in [0.25, 0.3) is 0 Å². The second kappa shape index (κ2) is 6.65. The topological polar surface area (TPSA) is 55.6 Å². The van der Waals surface area contributed by atoms with Crippen LogP contribution >= 0.6 is 0 Å². The molecule has 0 bridgehead atoms. The normalized spacial score (nSPS) is 22.5. The summed E-state index contributed by atoms with van der Waals surface area (Å²) in [5.41, 5.74) is 6.30. The Hall–Kier alpha value is -1.62. The van der Waals surface area contributed by atoms with Gasteiger partial charge < -0.3 is 15.4 Å². The van der Waals surface area contributed by atoms with E-state index in [9.17, 15) is 9.18 Å². The van der Waals surface area contributed by atoms with Crippen molar-refractivity contribution in [3.05, 3.63) is 35.6 Å². The van der Waals surface area contributed by atoms with E-state index in [1.165, 1.54) is 6.07 Å². The smallest absolute Gasteiger partial charge is 0.410 e. The molecule has 0 spiro atoms. The highest BCUT2D eigenvalue weighted by atomic mass is 19.1. The van der Waals surface area contributed by atoms with Crippen molar-refractivity contribution in [2.75, 3.05) is 13.1 Å². The average molecular weight is 308 g/mol. The molecule has 2 rings (SSSR count). The number of carbonyl (C=O) groups excluding carboxylic acids is 1. The van der Waals surface area contributed by atoms with Crippen LogP contribution in [0.5, 0.6) is 0 Å². The van der Waals surface area contributed by atoms with Crippen LogP contribution in [-0.4, -0.2) is 35.7 Å². The monoisotopic (exact) mass is 308 g/mol. The molecular formula is C17H25FN2O2. The number of nitrogens with two attached hydrogens (primary N) is 1. The summed E-state index contributed by atoms with van der Waals surface area (Å²) in [6, 6.07) is 6.69. The third-order valence-corrected chi connectivity index (χ3v) is 3.88. The lowest BCUT2D eigenvalue weighted by atomic mass is 9.87. The van der Waals surface area contributed by atoms with Crippen LogP contribution in [-0.2, 0) is 11.2 Å². The van der Waals surface area contributed by atoms with Crippen molar-refractivity contribution in [2.24, 2.45) is 11.7 Å². The molecule has 0 aromatic heterocycles. The SMILES string of the molecule is CC(C)(C)OC(=O)N1CC[C@@H](N)[C@@H](Cc2ccccc2F)C1. The van der Waals surface area contributed by atoms with Crippen molar-refractivity contribution in [2.45, 2.75) is 45.3 Å². The third-order valence-electron chi connectivity index (χ3n) is 3.88. The summed E-state index contributed by atoms with van der Waals surface area (Å²) >= 11 is 0. The van der Waals surface area contributed by atoms with Crippen LogP contribution < -0.4 is 5.73 Å². The van der Waals surface area contributed by atoms with Gasteiger partial charge in [0.25, 0.3) is 0 Å². The van der Waals surface area contributed by atoms with Crippen molar-refractivity contribution in [3.8, 4) is 0 Å². The molecule has 22 heavy (non-hydrogen) atoms. The lowest BCUT2D eigenvalue weighted by Gasteiger charge is -2.37. The molecule has 1 aromatic carbocycles. The largest absolute Gasteiger partial charge is 0.444 e. The quantitative estimate of drug-likeness (QED) is 0.914. The second-order valence-electron chi connectivity index (χ2n) is 6.93. The first-order valence-electron chi connectivity index (χ1n) is 7.73. The van der Waals surface area contributed by atoms with E-state index in [2.05, 4.69) is 0 Å². The molecule has 0 unspecified atom stereocenters. The molecule has 1 heterocycles. The molecule has 1 fully saturated rings. The molecule has 4 nitrogen and oxygen atoms in total. The minimum atomic E-state index is -0.516. The van der Waals surface area contributed by atoms with Gasteiger partial charge >= 0.3 is 6.09 Å². The number of nitrogens with zero attached hydrogens (tertiary/aromatic N) is 1. The summed E-state index contributed by atoms with van der Waals surface area (Å²) in [7, 11) is 0. The Morgan fingerprint density at radius 2 is 2.09 bits per heavy atom. The molecule has 2 N–H and O–H groups in total. The summed E-state index contributed by atoms with van der Waals surface area (Å²) in [5.74, 6) is -0.178. The summed E-state index contributed by atoms with van der Waals surface area (Å²) < 4.78 is 19.2. The molecule has 0 aliphatic carbocycles. The molecule has 1 saturated heterocycles. The van der Waals surface area contributed by atoms with Crippen molar-refractivity contribution >= 4 is 6.09 Å². The lowest BCUT2D eigenvalue weighted by molar-refractivity contribution is 0.0148. The number of hydrogen-bond acceptors (Lipinski definition) is 3. The van der Waals surface area contributed by atoms with Crippen LogP contribution in [0.15, 0.2) is 24.3 Å². The van der Waals surface area contributed by atoms with Crippen molar-refractivity contribution in [1.29, 1.82) is 0 Å². The van der Waals surface area contributed by atoms with Gasteiger partial charge in [0.15, 0.2) is 0 Å². The zero-order valence-electron chi connectivity index (χ0n) is 13.5. The fourth-order valence-corrected chi connectivity index (χ4v) is 2.71. The number of carbonyl (C=O) groups is 1. The highest BCUT2D eigenvalue weighted by Crippen LogP contribution is 2.23. The number of ether oxygens (including phenoxy) is 1. The van der Waals surface area contributed by atoms with E-state index in [1.807, 2.05) is 26.8 Å². The molecule has 0 radical (unpaired) electrons. The minimum absolute atomic E-state index is 0.0294. The second-order valence-corrected chi connectivity index (χ2v) is 6.93. The van der Waals surface area contributed by atoms with E-state index in [4.69, 9.17) is 10.5 Å². The van der Waals surface area contributed by atoms with Crippen LogP contribution in [0.4, 0.5) is 9.18 Å². The Kier molecular flexibility index (Phi) is 5.06. The predicted molar refractivity (Wildman–Crippen MR) is 84.0 cm³/mol. The van der Waals surface area contributed by atoms with Crippen molar-refractivity contribution in [3.63, 3.8) is 0 Å². The molecular weight excluding hydrogens is 283 g/mol. The first-order valence-corrected chi connectivity index (χ1v) is 7.73. The Morgan fingerprint density at radius 3 is 2.73 bits per heavy atom. The maximum Gasteiger partial charge on any atom is 0.410 e. The Bertz CT molecular complexity index is 528. The number of hydrogen-bond donors (Lipinski definition) is 1. The van der Waals surface area contributed by atoms with E-state index in [-0.39, 0.29) is 23.9 Å². The van der Waals surface area contributed by atoms with Gasteiger partial charge in [0, 0.05) is 19.1 Å². The lowest BCUT2D eigenvalue weighted by Crippen LogP contribution is -2.51. The zero-order chi connectivity index (χ0) is 16.3. The highest BCUT2D eigenvalue weighted by molar-refractivity contribution is 5.68. The summed E-state index contributed by atoms with van der Waals surface area (Å²) in [5, 5.41) is 0. The Labute approximate surface area is 131 Å². The number of rotatable bonds is 2. The van der Waals surface area contributed by atoms with E-state index in [0.29, 0.717) is 31.5 Å².